The van der Waals surface area contributed by atoms with E-state index >= 15 is 0 Å². The summed E-state index contributed by atoms with van der Waals surface area (Å²) in [6.07, 6.45) is 4.53. The molecule has 5 nitrogen and oxygen atoms in total. The van der Waals surface area contributed by atoms with Crippen molar-refractivity contribution in [3.8, 4) is 0 Å². The summed E-state index contributed by atoms with van der Waals surface area (Å²) in [6.45, 7) is 5.72. The minimum absolute atomic E-state index is 0.0620. The maximum atomic E-state index is 14.9. The molecule has 5 rings (SSSR count). The van der Waals surface area contributed by atoms with Gasteiger partial charge in [-0.1, -0.05) is 18.2 Å². The predicted octanol–water partition coefficient (Wildman–Crippen LogP) is 4.62. The third-order valence-electron chi connectivity index (χ3n) is 6.17. The van der Waals surface area contributed by atoms with Gasteiger partial charge in [0.1, 0.15) is 11.3 Å². The second-order valence-corrected chi connectivity index (χ2v) is 9.05. The zero-order valence-electron chi connectivity index (χ0n) is 17.5. The van der Waals surface area contributed by atoms with E-state index in [0.717, 1.165) is 39.8 Å². The van der Waals surface area contributed by atoms with Gasteiger partial charge in [-0.3, -0.25) is 4.90 Å². The first-order valence-electron chi connectivity index (χ1n) is 10.5. The van der Waals surface area contributed by atoms with E-state index in [1.54, 1.807) is 20.0 Å². The summed E-state index contributed by atoms with van der Waals surface area (Å²) >= 11 is 0. The van der Waals surface area contributed by atoms with Crippen molar-refractivity contribution in [1.29, 1.82) is 0 Å². The summed E-state index contributed by atoms with van der Waals surface area (Å²) in [5, 5.41) is 11.8. The molecule has 0 saturated heterocycles. The molecular formula is C24H27FN4O. The molecule has 0 saturated carbocycles. The normalized spacial score (nSPS) is 20.2. The lowest BCUT2D eigenvalue weighted by molar-refractivity contribution is 0.0672. The molecule has 2 atom stereocenters. The first kappa shape index (κ1) is 19.3. The lowest BCUT2D eigenvalue weighted by atomic mass is 9.87. The van der Waals surface area contributed by atoms with E-state index in [0.29, 0.717) is 6.54 Å². The van der Waals surface area contributed by atoms with Crippen LogP contribution >= 0.6 is 0 Å². The fourth-order valence-corrected chi connectivity index (χ4v) is 4.90. The fourth-order valence-electron chi connectivity index (χ4n) is 4.90. The smallest absolute Gasteiger partial charge is 0.137 e. The van der Waals surface area contributed by atoms with Gasteiger partial charge in [-0.25, -0.2) is 9.37 Å². The van der Waals surface area contributed by atoms with Gasteiger partial charge >= 0.3 is 0 Å². The standard InChI is InChI=1S/C24H27FN4O/c1-14-8-17-16-6-4-5-7-20(16)28-21(17)22(29(14)13-24(2,3)25)19-11-27-23-18(19)9-15(12-30)10-26-23/h4-7,9-11,14,22,28,30H,8,12-13H2,1-3H3,(H,26,27)/t14-,22-/m1/s1. The Morgan fingerprint density at radius 1 is 1.27 bits per heavy atom. The number of aliphatic hydroxyl groups excluding tert-OH is 1. The van der Waals surface area contributed by atoms with Gasteiger partial charge in [0, 0.05) is 52.5 Å². The molecule has 6 heteroatoms. The minimum Gasteiger partial charge on any atom is -0.392 e. The van der Waals surface area contributed by atoms with Crippen LogP contribution in [0.15, 0.2) is 42.7 Å². The molecule has 4 aromatic rings. The summed E-state index contributed by atoms with van der Waals surface area (Å²) in [6, 6.07) is 10.4. The highest BCUT2D eigenvalue weighted by atomic mass is 19.1. The van der Waals surface area contributed by atoms with Gasteiger partial charge in [-0.2, -0.15) is 0 Å². The van der Waals surface area contributed by atoms with Crippen molar-refractivity contribution in [3.63, 3.8) is 0 Å². The maximum Gasteiger partial charge on any atom is 0.137 e. The van der Waals surface area contributed by atoms with Crippen molar-refractivity contribution in [3.05, 3.63) is 65.1 Å². The van der Waals surface area contributed by atoms with E-state index in [1.165, 1.54) is 10.9 Å². The number of halogens is 1. The highest BCUT2D eigenvalue weighted by molar-refractivity contribution is 5.87. The number of fused-ring (bicyclic) bond motifs is 4. The average Bonchev–Trinajstić information content (AvgIpc) is 3.28. The molecule has 3 N–H and O–H groups in total. The van der Waals surface area contributed by atoms with Crippen molar-refractivity contribution in [1.82, 2.24) is 19.9 Å². The monoisotopic (exact) mass is 406 g/mol. The molecule has 1 aliphatic heterocycles. The van der Waals surface area contributed by atoms with Crippen molar-refractivity contribution < 1.29 is 9.50 Å². The predicted molar refractivity (Wildman–Crippen MR) is 117 cm³/mol. The molecule has 4 heterocycles. The third kappa shape index (κ3) is 3.11. The second-order valence-electron chi connectivity index (χ2n) is 9.05. The number of aromatic nitrogens is 3. The van der Waals surface area contributed by atoms with Crippen molar-refractivity contribution in [2.24, 2.45) is 0 Å². The van der Waals surface area contributed by atoms with Crippen LogP contribution in [0.4, 0.5) is 4.39 Å². The van der Waals surface area contributed by atoms with E-state index in [9.17, 15) is 9.50 Å². The number of nitrogens with one attached hydrogen (secondary N) is 2. The Kier molecular flexibility index (Phi) is 4.45. The summed E-state index contributed by atoms with van der Waals surface area (Å²) in [7, 11) is 0. The molecule has 0 bridgehead atoms. The lowest BCUT2D eigenvalue weighted by Crippen LogP contribution is -2.47. The molecule has 156 valence electrons. The van der Waals surface area contributed by atoms with Gasteiger partial charge in [-0.05, 0) is 50.5 Å². The van der Waals surface area contributed by atoms with Crippen LogP contribution in [0, 0.1) is 0 Å². The summed E-state index contributed by atoms with van der Waals surface area (Å²) in [5.41, 5.74) is 4.80. The number of para-hydroxylation sites is 1. The Morgan fingerprint density at radius 3 is 2.83 bits per heavy atom. The maximum absolute atomic E-state index is 14.9. The zero-order valence-corrected chi connectivity index (χ0v) is 17.5. The molecule has 0 spiro atoms. The number of alkyl halides is 1. The minimum atomic E-state index is -1.32. The molecular weight excluding hydrogens is 379 g/mol. The van der Waals surface area contributed by atoms with Crippen LogP contribution in [-0.4, -0.2) is 43.2 Å². The second kappa shape index (κ2) is 6.93. The van der Waals surface area contributed by atoms with E-state index in [2.05, 4.69) is 45.0 Å². The number of aliphatic hydroxyl groups is 1. The third-order valence-corrected chi connectivity index (χ3v) is 6.17. The van der Waals surface area contributed by atoms with E-state index in [1.807, 2.05) is 18.3 Å². The van der Waals surface area contributed by atoms with Gasteiger partial charge in [0.2, 0.25) is 0 Å². The number of H-pyrrole nitrogens is 2. The SMILES string of the molecule is C[C@@H]1Cc2c([nH]c3ccccc23)[C@@H](c2c[nH]c3ncc(CO)cc23)N1CC(C)(C)F. The number of rotatable bonds is 4. The fraction of sp³-hybridized carbons (Fsp3) is 0.375. The Hall–Kier alpha value is -2.70. The Bertz CT molecular complexity index is 1220. The number of benzene rings is 1. The van der Waals surface area contributed by atoms with Crippen molar-refractivity contribution in [2.75, 3.05) is 6.54 Å². The van der Waals surface area contributed by atoms with Gasteiger partial charge in [0.05, 0.1) is 12.6 Å². The van der Waals surface area contributed by atoms with Crippen LogP contribution in [0.3, 0.4) is 0 Å². The number of pyridine rings is 1. The molecule has 3 aromatic heterocycles. The number of hydrogen-bond acceptors (Lipinski definition) is 3. The molecule has 1 aliphatic rings. The first-order valence-corrected chi connectivity index (χ1v) is 10.5. The molecule has 0 unspecified atom stereocenters. The largest absolute Gasteiger partial charge is 0.392 e. The molecule has 1 aromatic carbocycles. The van der Waals surface area contributed by atoms with Gasteiger partial charge in [-0.15, -0.1) is 0 Å². The topological polar surface area (TPSA) is 67.9 Å². The highest BCUT2D eigenvalue weighted by Crippen LogP contribution is 2.43. The molecule has 30 heavy (non-hydrogen) atoms. The summed E-state index contributed by atoms with van der Waals surface area (Å²) in [5.74, 6) is 0. The molecule has 0 aliphatic carbocycles. The van der Waals surface area contributed by atoms with Crippen LogP contribution in [0.1, 0.15) is 49.2 Å². The van der Waals surface area contributed by atoms with E-state index in [-0.39, 0.29) is 18.7 Å². The number of aromatic amines is 2. The van der Waals surface area contributed by atoms with E-state index < -0.39 is 5.67 Å². The molecule has 0 fully saturated rings. The zero-order chi connectivity index (χ0) is 21.0. The Morgan fingerprint density at radius 2 is 2.07 bits per heavy atom. The van der Waals surface area contributed by atoms with Gasteiger partial charge < -0.3 is 15.1 Å². The summed E-state index contributed by atoms with van der Waals surface area (Å²) in [4.78, 5) is 13.6. The van der Waals surface area contributed by atoms with Gasteiger partial charge in [0.15, 0.2) is 0 Å². The number of nitrogens with zero attached hydrogens (tertiary/aromatic N) is 2. The van der Waals surface area contributed by atoms with Crippen LogP contribution in [-0.2, 0) is 13.0 Å². The Labute approximate surface area is 174 Å². The average molecular weight is 407 g/mol. The van der Waals surface area contributed by atoms with Crippen LogP contribution in [0.5, 0.6) is 0 Å². The molecule has 0 amide bonds. The lowest BCUT2D eigenvalue weighted by Gasteiger charge is -2.42. The van der Waals surface area contributed by atoms with E-state index in [4.69, 9.17) is 0 Å². The van der Waals surface area contributed by atoms with Crippen LogP contribution < -0.4 is 0 Å². The quantitative estimate of drug-likeness (QED) is 0.463. The molecule has 0 radical (unpaired) electrons. The Balaban J connectivity index is 1.75. The summed E-state index contributed by atoms with van der Waals surface area (Å²) < 4.78 is 14.9. The first-order chi connectivity index (χ1) is 14.4. The number of hydrogen-bond donors (Lipinski definition) is 3. The van der Waals surface area contributed by atoms with Crippen molar-refractivity contribution >= 4 is 21.9 Å². The van der Waals surface area contributed by atoms with Crippen LogP contribution in [0.2, 0.25) is 0 Å². The highest BCUT2D eigenvalue weighted by Gasteiger charge is 2.39. The van der Waals surface area contributed by atoms with Gasteiger partial charge in [0.25, 0.3) is 0 Å². The van der Waals surface area contributed by atoms with Crippen molar-refractivity contribution in [2.45, 2.75) is 51.6 Å². The van der Waals surface area contributed by atoms with Crippen LogP contribution in [0.25, 0.3) is 21.9 Å².